The van der Waals surface area contributed by atoms with E-state index in [1.54, 1.807) is 29.2 Å². The monoisotopic (exact) mass is 350 g/mol. The van der Waals surface area contributed by atoms with Crippen molar-refractivity contribution >= 4 is 5.91 Å². The molecule has 1 fully saturated rings. The van der Waals surface area contributed by atoms with E-state index < -0.39 is 5.60 Å². The summed E-state index contributed by atoms with van der Waals surface area (Å²) in [4.78, 5) is 20.6. The molecule has 1 N–H and O–H groups in total. The summed E-state index contributed by atoms with van der Waals surface area (Å²) in [6.07, 6.45) is 0.583. The lowest BCUT2D eigenvalue weighted by Crippen LogP contribution is -2.43. The van der Waals surface area contributed by atoms with Crippen LogP contribution >= 0.6 is 0 Å². The van der Waals surface area contributed by atoms with E-state index in [-0.39, 0.29) is 5.91 Å². The predicted molar refractivity (Wildman–Crippen MR) is 98.4 cm³/mol. The van der Waals surface area contributed by atoms with Gasteiger partial charge in [-0.25, -0.2) is 4.98 Å². The van der Waals surface area contributed by atoms with Crippen LogP contribution in [-0.2, 0) is 0 Å². The lowest BCUT2D eigenvalue weighted by atomic mass is 10.0. The van der Waals surface area contributed by atoms with Gasteiger partial charge in [0.05, 0.1) is 17.8 Å². The number of carbonyl (C=O) groups excluding carboxylic acids is 1. The Hall–Kier alpha value is -2.75. The van der Waals surface area contributed by atoms with Crippen molar-refractivity contribution in [3.8, 4) is 17.3 Å². The molecule has 1 saturated heterocycles. The summed E-state index contributed by atoms with van der Waals surface area (Å²) in [5, 5.41) is 19.6. The van der Waals surface area contributed by atoms with Crippen LogP contribution in [0.4, 0.5) is 0 Å². The molecule has 1 aromatic heterocycles. The van der Waals surface area contributed by atoms with Crippen LogP contribution in [0, 0.1) is 11.3 Å². The van der Waals surface area contributed by atoms with Crippen LogP contribution in [0.1, 0.15) is 22.5 Å². The zero-order chi connectivity index (χ0) is 18.7. The zero-order valence-electron chi connectivity index (χ0n) is 15.0. The van der Waals surface area contributed by atoms with Crippen molar-refractivity contribution in [3.05, 3.63) is 53.7 Å². The Morgan fingerprint density at radius 3 is 2.69 bits per heavy atom. The third-order valence-electron chi connectivity index (χ3n) is 4.52. The average Bonchev–Trinajstić information content (AvgIpc) is 3.02. The summed E-state index contributed by atoms with van der Waals surface area (Å²) < 4.78 is 0. The fourth-order valence-electron chi connectivity index (χ4n) is 3.37. The summed E-state index contributed by atoms with van der Waals surface area (Å²) in [5.74, 6) is -0.0787. The highest BCUT2D eigenvalue weighted by Gasteiger charge is 2.38. The number of carbonyl (C=O) groups is 1. The standard InChI is InChI=1S/C20H22N4O2/c1-23(2)13-20(26)10-11-24(14-20)19(25)16-8-6-15(7-9-16)18-5-3-4-17(12-21)22-18/h3-9,26H,10-11,13-14H2,1-2H3. The number of pyridine rings is 1. The smallest absolute Gasteiger partial charge is 0.253 e. The second-order valence-corrected chi connectivity index (χ2v) is 7.04. The van der Waals surface area contributed by atoms with Gasteiger partial charge >= 0.3 is 0 Å². The molecule has 1 atom stereocenters. The van der Waals surface area contributed by atoms with Gasteiger partial charge < -0.3 is 14.9 Å². The highest BCUT2D eigenvalue weighted by molar-refractivity contribution is 5.95. The largest absolute Gasteiger partial charge is 0.387 e. The van der Waals surface area contributed by atoms with E-state index in [1.165, 1.54) is 0 Å². The Labute approximate surface area is 153 Å². The minimum atomic E-state index is -0.846. The van der Waals surface area contributed by atoms with Crippen LogP contribution in [0.2, 0.25) is 0 Å². The maximum Gasteiger partial charge on any atom is 0.253 e. The third-order valence-corrected chi connectivity index (χ3v) is 4.52. The van der Waals surface area contributed by atoms with E-state index in [0.29, 0.717) is 43.0 Å². The molecule has 26 heavy (non-hydrogen) atoms. The van der Waals surface area contributed by atoms with Crippen LogP contribution in [-0.4, -0.2) is 65.1 Å². The minimum absolute atomic E-state index is 0.0787. The Morgan fingerprint density at radius 1 is 1.31 bits per heavy atom. The molecule has 1 amide bonds. The van der Waals surface area contributed by atoms with Crippen molar-refractivity contribution in [3.63, 3.8) is 0 Å². The van der Waals surface area contributed by atoms with Gasteiger partial charge in [-0.1, -0.05) is 18.2 Å². The molecule has 1 aliphatic rings. The number of β-amino-alcohol motifs (C(OH)–C–C–N with tert-alkyl or cyclic N) is 1. The number of likely N-dealkylation sites (tertiary alicyclic amines) is 1. The van der Waals surface area contributed by atoms with Crippen LogP contribution in [0.15, 0.2) is 42.5 Å². The minimum Gasteiger partial charge on any atom is -0.387 e. The molecular weight excluding hydrogens is 328 g/mol. The predicted octanol–water partition coefficient (Wildman–Crippen LogP) is 1.76. The number of amides is 1. The molecule has 6 heteroatoms. The maximum absolute atomic E-state index is 12.7. The number of likely N-dealkylation sites (N-methyl/N-ethyl adjacent to an activating group) is 1. The molecule has 2 aromatic rings. The fourth-order valence-corrected chi connectivity index (χ4v) is 3.37. The Balaban J connectivity index is 1.73. The van der Waals surface area contributed by atoms with Crippen LogP contribution in [0.5, 0.6) is 0 Å². The number of hydrogen-bond acceptors (Lipinski definition) is 5. The lowest BCUT2D eigenvalue weighted by Gasteiger charge is -2.26. The first-order chi connectivity index (χ1) is 12.4. The first kappa shape index (κ1) is 18.1. The van der Waals surface area contributed by atoms with Crippen LogP contribution in [0.25, 0.3) is 11.3 Å². The van der Waals surface area contributed by atoms with E-state index in [2.05, 4.69) is 4.98 Å². The van der Waals surface area contributed by atoms with Gasteiger partial charge in [-0.2, -0.15) is 5.26 Å². The Kier molecular flexibility index (Phi) is 5.03. The molecule has 134 valence electrons. The normalized spacial score (nSPS) is 19.6. The molecular formula is C20H22N4O2. The van der Waals surface area contributed by atoms with Gasteiger partial charge in [-0.15, -0.1) is 0 Å². The summed E-state index contributed by atoms with van der Waals surface area (Å²) in [6, 6.07) is 14.5. The summed E-state index contributed by atoms with van der Waals surface area (Å²) >= 11 is 0. The number of nitriles is 1. The number of hydrogen-bond donors (Lipinski definition) is 1. The van der Waals surface area contributed by atoms with Gasteiger partial charge in [0.15, 0.2) is 0 Å². The molecule has 3 rings (SSSR count). The summed E-state index contributed by atoms with van der Waals surface area (Å²) in [7, 11) is 3.83. The molecule has 0 spiro atoms. The fraction of sp³-hybridized carbons (Fsp3) is 0.350. The highest BCUT2D eigenvalue weighted by Crippen LogP contribution is 2.24. The van der Waals surface area contributed by atoms with Gasteiger partial charge in [-0.3, -0.25) is 4.79 Å². The van der Waals surface area contributed by atoms with Gasteiger partial charge in [0.2, 0.25) is 0 Å². The van der Waals surface area contributed by atoms with E-state index >= 15 is 0 Å². The van der Waals surface area contributed by atoms with E-state index in [0.717, 1.165) is 5.56 Å². The van der Waals surface area contributed by atoms with Gasteiger partial charge in [0.1, 0.15) is 11.8 Å². The molecule has 1 unspecified atom stereocenters. The summed E-state index contributed by atoms with van der Waals surface area (Å²) in [6.45, 7) is 1.44. The molecule has 0 bridgehead atoms. The SMILES string of the molecule is CN(C)CC1(O)CCN(C(=O)c2ccc(-c3cccc(C#N)n3)cc2)C1. The molecule has 0 saturated carbocycles. The van der Waals surface area contributed by atoms with E-state index in [1.807, 2.05) is 43.3 Å². The van der Waals surface area contributed by atoms with E-state index in [9.17, 15) is 9.90 Å². The van der Waals surface area contributed by atoms with E-state index in [4.69, 9.17) is 5.26 Å². The van der Waals surface area contributed by atoms with Crippen molar-refractivity contribution < 1.29 is 9.90 Å². The summed E-state index contributed by atoms with van der Waals surface area (Å²) in [5.41, 5.74) is 1.65. The quantitative estimate of drug-likeness (QED) is 0.909. The Morgan fingerprint density at radius 2 is 2.04 bits per heavy atom. The second-order valence-electron chi connectivity index (χ2n) is 7.04. The van der Waals surface area contributed by atoms with Crippen molar-refractivity contribution in [2.75, 3.05) is 33.7 Å². The van der Waals surface area contributed by atoms with Crippen molar-refractivity contribution in [1.82, 2.24) is 14.8 Å². The maximum atomic E-state index is 12.7. The molecule has 0 radical (unpaired) electrons. The first-order valence-corrected chi connectivity index (χ1v) is 8.54. The average molecular weight is 350 g/mol. The number of benzene rings is 1. The molecule has 2 heterocycles. The number of rotatable bonds is 4. The lowest BCUT2D eigenvalue weighted by molar-refractivity contribution is 0.0236. The van der Waals surface area contributed by atoms with Crippen molar-refractivity contribution in [1.29, 1.82) is 5.26 Å². The molecule has 6 nitrogen and oxygen atoms in total. The molecule has 1 aliphatic heterocycles. The Bertz CT molecular complexity index is 842. The zero-order valence-corrected chi connectivity index (χ0v) is 15.0. The second kappa shape index (κ2) is 7.24. The molecule has 0 aliphatic carbocycles. The van der Waals surface area contributed by atoms with Crippen LogP contribution in [0.3, 0.4) is 0 Å². The van der Waals surface area contributed by atoms with Gasteiger partial charge in [-0.05, 0) is 44.8 Å². The number of nitrogens with zero attached hydrogens (tertiary/aromatic N) is 4. The van der Waals surface area contributed by atoms with Crippen LogP contribution < -0.4 is 0 Å². The number of aliphatic hydroxyl groups is 1. The molecule has 1 aromatic carbocycles. The van der Waals surface area contributed by atoms with Gasteiger partial charge in [0.25, 0.3) is 5.91 Å². The topological polar surface area (TPSA) is 80.5 Å². The first-order valence-electron chi connectivity index (χ1n) is 8.54. The van der Waals surface area contributed by atoms with Crippen molar-refractivity contribution in [2.24, 2.45) is 0 Å². The number of aromatic nitrogens is 1. The third kappa shape index (κ3) is 3.90. The van der Waals surface area contributed by atoms with Crippen molar-refractivity contribution in [2.45, 2.75) is 12.0 Å². The highest BCUT2D eigenvalue weighted by atomic mass is 16.3. The van der Waals surface area contributed by atoms with Gasteiger partial charge in [0, 0.05) is 24.2 Å².